The van der Waals surface area contributed by atoms with Gasteiger partial charge in [0, 0.05) is 6.07 Å². The first-order valence-corrected chi connectivity index (χ1v) is 4.85. The lowest BCUT2D eigenvalue weighted by Crippen LogP contribution is -2.21. The molecule has 2 rings (SSSR count). The smallest absolute Gasteiger partial charge is 0.334 e. The standard InChI is InChI=1S/C11H9F2NO3/c1-16-11(15)9-5-17-10(14-9)7-3-2-6(12)4-8(7)13/h2-4,9H,5H2,1H3/t9-/m0/s1. The molecule has 0 unspecified atom stereocenters. The third-order valence-electron chi connectivity index (χ3n) is 2.29. The summed E-state index contributed by atoms with van der Waals surface area (Å²) in [4.78, 5) is 15.0. The van der Waals surface area contributed by atoms with Crippen molar-refractivity contribution in [1.29, 1.82) is 0 Å². The minimum absolute atomic E-state index is 0.00117. The van der Waals surface area contributed by atoms with Crippen molar-refractivity contribution in [3.05, 3.63) is 35.4 Å². The highest BCUT2D eigenvalue weighted by atomic mass is 19.1. The molecule has 0 fully saturated rings. The molecule has 90 valence electrons. The molecule has 0 saturated carbocycles. The van der Waals surface area contributed by atoms with Gasteiger partial charge in [0.05, 0.1) is 12.7 Å². The largest absolute Gasteiger partial charge is 0.474 e. The van der Waals surface area contributed by atoms with Crippen molar-refractivity contribution in [1.82, 2.24) is 0 Å². The predicted octanol–water partition coefficient (Wildman–Crippen LogP) is 1.28. The molecule has 1 aromatic carbocycles. The fraction of sp³-hybridized carbons (Fsp3) is 0.273. The zero-order valence-electron chi connectivity index (χ0n) is 8.94. The average molecular weight is 241 g/mol. The Morgan fingerprint density at radius 2 is 2.29 bits per heavy atom. The summed E-state index contributed by atoms with van der Waals surface area (Å²) in [6.07, 6.45) is 0. The van der Waals surface area contributed by atoms with Crippen molar-refractivity contribution in [2.24, 2.45) is 4.99 Å². The van der Waals surface area contributed by atoms with Crippen LogP contribution in [0, 0.1) is 11.6 Å². The third-order valence-corrected chi connectivity index (χ3v) is 2.29. The van der Waals surface area contributed by atoms with Gasteiger partial charge >= 0.3 is 5.97 Å². The quantitative estimate of drug-likeness (QED) is 0.733. The lowest BCUT2D eigenvalue weighted by Gasteiger charge is -2.02. The highest BCUT2D eigenvalue weighted by molar-refractivity contribution is 5.97. The number of nitrogens with zero attached hydrogens (tertiary/aromatic N) is 1. The van der Waals surface area contributed by atoms with Crippen molar-refractivity contribution in [2.75, 3.05) is 13.7 Å². The van der Waals surface area contributed by atoms with Gasteiger partial charge in [-0.1, -0.05) is 0 Å². The Balaban J connectivity index is 2.27. The molecule has 0 aliphatic carbocycles. The number of benzene rings is 1. The van der Waals surface area contributed by atoms with E-state index >= 15 is 0 Å². The van der Waals surface area contributed by atoms with Gasteiger partial charge in [-0.25, -0.2) is 18.6 Å². The highest BCUT2D eigenvalue weighted by Gasteiger charge is 2.28. The maximum atomic E-state index is 13.4. The van der Waals surface area contributed by atoms with Crippen LogP contribution in [0.4, 0.5) is 8.78 Å². The monoisotopic (exact) mass is 241 g/mol. The maximum absolute atomic E-state index is 13.4. The molecule has 1 aromatic rings. The zero-order chi connectivity index (χ0) is 12.4. The first-order chi connectivity index (χ1) is 8.11. The van der Waals surface area contributed by atoms with Crippen LogP contribution in [0.1, 0.15) is 5.56 Å². The van der Waals surface area contributed by atoms with Crippen LogP contribution in [0.2, 0.25) is 0 Å². The minimum atomic E-state index is -0.792. The van der Waals surface area contributed by atoms with Gasteiger partial charge in [-0.15, -0.1) is 0 Å². The lowest BCUT2D eigenvalue weighted by molar-refractivity contribution is -0.142. The van der Waals surface area contributed by atoms with E-state index in [0.29, 0.717) is 0 Å². The summed E-state index contributed by atoms with van der Waals surface area (Å²) in [5.41, 5.74) is 0.0257. The summed E-state index contributed by atoms with van der Waals surface area (Å²) in [6, 6.07) is 2.24. The molecule has 0 amide bonds. The van der Waals surface area contributed by atoms with E-state index in [9.17, 15) is 13.6 Å². The number of methoxy groups -OCH3 is 1. The number of ether oxygens (including phenoxy) is 2. The van der Waals surface area contributed by atoms with Crippen LogP contribution < -0.4 is 0 Å². The molecule has 0 bridgehead atoms. The topological polar surface area (TPSA) is 47.9 Å². The molecule has 1 atom stereocenters. The summed E-state index contributed by atoms with van der Waals surface area (Å²) in [5.74, 6) is -2.04. The number of hydrogen-bond acceptors (Lipinski definition) is 4. The Kier molecular flexibility index (Phi) is 3.03. The van der Waals surface area contributed by atoms with Gasteiger partial charge < -0.3 is 9.47 Å². The van der Waals surface area contributed by atoms with E-state index in [2.05, 4.69) is 9.73 Å². The van der Waals surface area contributed by atoms with Crippen LogP contribution in [0.15, 0.2) is 23.2 Å². The van der Waals surface area contributed by atoms with Crippen LogP contribution in [-0.4, -0.2) is 31.6 Å². The Morgan fingerprint density at radius 3 is 2.94 bits per heavy atom. The maximum Gasteiger partial charge on any atom is 0.334 e. The van der Waals surface area contributed by atoms with Crippen molar-refractivity contribution >= 4 is 11.9 Å². The number of carbonyl (C=O) groups excluding carboxylic acids is 1. The summed E-state index contributed by atoms with van der Waals surface area (Å²) in [7, 11) is 1.23. The molecule has 0 N–H and O–H groups in total. The molecule has 4 nitrogen and oxygen atoms in total. The normalized spacial score (nSPS) is 18.5. The zero-order valence-corrected chi connectivity index (χ0v) is 8.94. The van der Waals surface area contributed by atoms with Gasteiger partial charge in [-0.2, -0.15) is 0 Å². The Morgan fingerprint density at radius 1 is 1.53 bits per heavy atom. The van der Waals surface area contributed by atoms with Gasteiger partial charge in [-0.05, 0) is 12.1 Å². The first kappa shape index (κ1) is 11.5. The summed E-state index contributed by atoms with van der Waals surface area (Å²) < 4.78 is 35.7. The number of carbonyl (C=O) groups is 1. The van der Waals surface area contributed by atoms with E-state index in [-0.39, 0.29) is 18.1 Å². The lowest BCUT2D eigenvalue weighted by atomic mass is 10.2. The van der Waals surface area contributed by atoms with Gasteiger partial charge in [0.2, 0.25) is 5.90 Å². The van der Waals surface area contributed by atoms with E-state index < -0.39 is 23.6 Å². The fourth-order valence-corrected chi connectivity index (χ4v) is 1.44. The molecule has 17 heavy (non-hydrogen) atoms. The number of rotatable bonds is 2. The van der Waals surface area contributed by atoms with Crippen molar-refractivity contribution in [2.45, 2.75) is 6.04 Å². The summed E-state index contributed by atoms with van der Waals surface area (Å²) in [6.45, 7) is -0.00117. The Bertz CT molecular complexity index is 488. The molecule has 0 radical (unpaired) electrons. The van der Waals surface area contributed by atoms with Gasteiger partial charge in [0.1, 0.15) is 18.2 Å². The molecule has 1 aliphatic heterocycles. The second-order valence-corrected chi connectivity index (χ2v) is 3.41. The van der Waals surface area contributed by atoms with Crippen LogP contribution in [-0.2, 0) is 14.3 Å². The second-order valence-electron chi connectivity index (χ2n) is 3.41. The molecule has 6 heteroatoms. The molecule has 0 spiro atoms. The number of hydrogen-bond donors (Lipinski definition) is 0. The summed E-state index contributed by atoms with van der Waals surface area (Å²) >= 11 is 0. The third kappa shape index (κ3) is 2.25. The van der Waals surface area contributed by atoms with Crippen LogP contribution in [0.5, 0.6) is 0 Å². The van der Waals surface area contributed by atoms with Crippen LogP contribution >= 0.6 is 0 Å². The minimum Gasteiger partial charge on any atom is -0.474 e. The molecular weight excluding hydrogens is 232 g/mol. The highest BCUT2D eigenvalue weighted by Crippen LogP contribution is 2.16. The van der Waals surface area contributed by atoms with Crippen molar-refractivity contribution in [3.63, 3.8) is 0 Å². The first-order valence-electron chi connectivity index (χ1n) is 4.85. The van der Waals surface area contributed by atoms with E-state index in [0.717, 1.165) is 12.1 Å². The second kappa shape index (κ2) is 4.48. The van der Waals surface area contributed by atoms with Crippen LogP contribution in [0.3, 0.4) is 0 Å². The van der Waals surface area contributed by atoms with E-state index in [1.807, 2.05) is 0 Å². The average Bonchev–Trinajstić information content (AvgIpc) is 2.77. The fourth-order valence-electron chi connectivity index (χ4n) is 1.44. The van der Waals surface area contributed by atoms with E-state index in [4.69, 9.17) is 4.74 Å². The molecule has 1 heterocycles. The molecular formula is C11H9F2NO3. The van der Waals surface area contributed by atoms with Gasteiger partial charge in [-0.3, -0.25) is 0 Å². The SMILES string of the molecule is COC(=O)[C@@H]1COC(c2ccc(F)cc2F)=N1. The number of halogens is 2. The molecule has 0 aromatic heterocycles. The molecule has 1 aliphatic rings. The van der Waals surface area contributed by atoms with Gasteiger partial charge in [0.15, 0.2) is 6.04 Å². The van der Waals surface area contributed by atoms with Gasteiger partial charge in [0.25, 0.3) is 0 Å². The number of aliphatic imine (C=N–C) groups is 1. The predicted molar refractivity (Wildman–Crippen MR) is 54.7 cm³/mol. The molecule has 0 saturated heterocycles. The Hall–Kier alpha value is -1.98. The van der Waals surface area contributed by atoms with E-state index in [1.54, 1.807) is 0 Å². The van der Waals surface area contributed by atoms with Crippen molar-refractivity contribution in [3.8, 4) is 0 Å². The van der Waals surface area contributed by atoms with Crippen LogP contribution in [0.25, 0.3) is 0 Å². The van der Waals surface area contributed by atoms with Crippen molar-refractivity contribution < 1.29 is 23.0 Å². The Labute approximate surface area is 95.9 Å². The summed E-state index contributed by atoms with van der Waals surface area (Å²) in [5, 5.41) is 0. The van der Waals surface area contributed by atoms with E-state index in [1.165, 1.54) is 13.2 Å². The number of esters is 1.